The number of aliphatic hydroxyl groups excluding tert-OH is 3. The molecule has 1 rings (SSSR count). The summed E-state index contributed by atoms with van der Waals surface area (Å²) in [7, 11) is -16.2. The summed E-state index contributed by atoms with van der Waals surface area (Å²) >= 11 is 0. The molecule has 0 spiro atoms. The zero-order valence-electron chi connectivity index (χ0n) is 11.3. The zero-order valence-corrected chi connectivity index (χ0v) is 14.0. The maximum absolute atomic E-state index is 10.9. The van der Waals surface area contributed by atoms with E-state index in [2.05, 4.69) is 13.6 Å². The van der Waals surface area contributed by atoms with Gasteiger partial charge in [0.05, 0.1) is 0 Å². The summed E-state index contributed by atoms with van der Waals surface area (Å²) in [5.41, 5.74) is 0. The molecule has 144 valence electrons. The average molecular weight is 420 g/mol. The Labute approximate surface area is 133 Å². The molecule has 1 fully saturated rings. The Bertz CT molecular complexity index is 574. The van der Waals surface area contributed by atoms with E-state index in [4.69, 9.17) is 29.4 Å². The van der Waals surface area contributed by atoms with Crippen LogP contribution in [0.3, 0.4) is 0 Å². The summed E-state index contributed by atoms with van der Waals surface area (Å²) in [4.78, 5) is 52.4. The molecule has 0 aromatic heterocycles. The Hall–Kier alpha value is 0.210. The molecule has 1 aliphatic carbocycles. The van der Waals surface area contributed by atoms with Crippen molar-refractivity contribution in [1.29, 1.82) is 0 Å². The molecular formula is C6H15O15P3. The first-order chi connectivity index (χ1) is 10.5. The average Bonchev–Trinajstić information content (AvgIpc) is 2.32. The number of phosphoric ester groups is 3. The second-order valence-electron chi connectivity index (χ2n) is 4.65. The van der Waals surface area contributed by atoms with Crippen LogP contribution in [0.5, 0.6) is 0 Å². The lowest BCUT2D eigenvalue weighted by molar-refractivity contribution is -0.212. The third-order valence-electron chi connectivity index (χ3n) is 2.80. The largest absolute Gasteiger partial charge is 0.470 e. The molecule has 1 saturated carbocycles. The SMILES string of the molecule is O=P(O)(O)O[C@H]1[C@H](O)[C@@H](O)[C@H](OP(=O)(O)O)[C@@H](OP(=O)(O)O)[C@H]1O. The van der Waals surface area contributed by atoms with Crippen LogP contribution >= 0.6 is 23.5 Å². The molecule has 0 aromatic rings. The van der Waals surface area contributed by atoms with Crippen molar-refractivity contribution < 1.29 is 71.9 Å². The molecule has 0 heterocycles. The van der Waals surface area contributed by atoms with E-state index in [-0.39, 0.29) is 0 Å². The molecule has 0 amide bonds. The fourth-order valence-electron chi connectivity index (χ4n) is 2.01. The molecule has 0 aliphatic heterocycles. The third kappa shape index (κ3) is 6.50. The van der Waals surface area contributed by atoms with Crippen molar-refractivity contribution >= 4 is 23.5 Å². The van der Waals surface area contributed by atoms with Gasteiger partial charge in [-0.15, -0.1) is 0 Å². The first-order valence-electron chi connectivity index (χ1n) is 5.78. The van der Waals surface area contributed by atoms with Gasteiger partial charge >= 0.3 is 23.5 Å². The minimum Gasteiger partial charge on any atom is -0.387 e. The molecular weight excluding hydrogens is 405 g/mol. The minimum absolute atomic E-state index is 2.32. The standard InChI is InChI=1S/C6H15O15P3/c7-1-2(8)5(20-23(13,14)15)6(21-24(16,17)18)3(9)4(1)19-22(10,11)12/h1-9H,(H2,10,11,12)(H2,13,14,15)(H2,16,17,18)/t1-,2-,3+,4+,5+,6+/m1/s1. The third-order valence-corrected chi connectivity index (χ3v) is 4.35. The fraction of sp³-hybridized carbons (Fsp3) is 1.00. The van der Waals surface area contributed by atoms with Crippen LogP contribution in [0.2, 0.25) is 0 Å². The monoisotopic (exact) mass is 420 g/mol. The van der Waals surface area contributed by atoms with Crippen LogP contribution < -0.4 is 0 Å². The van der Waals surface area contributed by atoms with E-state index in [0.717, 1.165) is 0 Å². The Morgan fingerprint density at radius 1 is 0.500 bits per heavy atom. The second kappa shape index (κ2) is 7.45. The van der Waals surface area contributed by atoms with E-state index >= 15 is 0 Å². The first-order valence-corrected chi connectivity index (χ1v) is 10.4. The van der Waals surface area contributed by atoms with Crippen molar-refractivity contribution in [2.24, 2.45) is 0 Å². The first kappa shape index (κ1) is 22.3. The molecule has 0 aromatic carbocycles. The highest BCUT2D eigenvalue weighted by molar-refractivity contribution is 7.46. The molecule has 24 heavy (non-hydrogen) atoms. The van der Waals surface area contributed by atoms with Crippen LogP contribution in [0.1, 0.15) is 0 Å². The van der Waals surface area contributed by atoms with Gasteiger partial charge in [0.25, 0.3) is 0 Å². The van der Waals surface area contributed by atoms with Crippen molar-refractivity contribution in [3.63, 3.8) is 0 Å². The summed E-state index contributed by atoms with van der Waals surface area (Å²) in [5.74, 6) is 0. The smallest absolute Gasteiger partial charge is 0.387 e. The molecule has 0 unspecified atom stereocenters. The number of aliphatic hydroxyl groups is 3. The summed E-state index contributed by atoms with van der Waals surface area (Å²) in [6.07, 6.45) is -14.3. The van der Waals surface area contributed by atoms with Crippen molar-refractivity contribution in [1.82, 2.24) is 0 Å². The Balaban J connectivity index is 3.23. The molecule has 6 atom stereocenters. The Morgan fingerprint density at radius 3 is 1.08 bits per heavy atom. The van der Waals surface area contributed by atoms with Crippen LogP contribution in [0, 0.1) is 0 Å². The summed E-state index contributed by atoms with van der Waals surface area (Å²) in [6.45, 7) is 0. The molecule has 0 bridgehead atoms. The predicted octanol–water partition coefficient (Wildman–Crippen LogP) is -3.48. The number of hydrogen-bond donors (Lipinski definition) is 9. The number of hydrogen-bond acceptors (Lipinski definition) is 9. The normalized spacial score (nSPS) is 35.9. The summed E-state index contributed by atoms with van der Waals surface area (Å²) in [6, 6.07) is 0. The van der Waals surface area contributed by atoms with Crippen LogP contribution in [0.4, 0.5) is 0 Å². The van der Waals surface area contributed by atoms with Crippen molar-refractivity contribution in [3.05, 3.63) is 0 Å². The number of rotatable bonds is 6. The van der Waals surface area contributed by atoms with E-state index in [1.54, 1.807) is 0 Å². The lowest BCUT2D eigenvalue weighted by atomic mass is 9.85. The van der Waals surface area contributed by atoms with Crippen LogP contribution in [-0.2, 0) is 27.3 Å². The second-order valence-corrected chi connectivity index (χ2v) is 8.23. The van der Waals surface area contributed by atoms with Gasteiger partial charge in [0.15, 0.2) is 0 Å². The van der Waals surface area contributed by atoms with E-state index in [9.17, 15) is 29.0 Å². The van der Waals surface area contributed by atoms with Gasteiger partial charge in [0.1, 0.15) is 36.6 Å². The summed E-state index contributed by atoms with van der Waals surface area (Å²) in [5, 5.41) is 29.3. The molecule has 18 heteroatoms. The lowest BCUT2D eigenvalue weighted by Gasteiger charge is -2.44. The van der Waals surface area contributed by atoms with Crippen molar-refractivity contribution in [2.45, 2.75) is 36.6 Å². The fourth-order valence-corrected chi connectivity index (χ4v) is 3.70. The van der Waals surface area contributed by atoms with Gasteiger partial charge in [-0.05, 0) is 0 Å². The lowest BCUT2D eigenvalue weighted by Crippen LogP contribution is -2.65. The highest BCUT2D eigenvalue weighted by Crippen LogP contribution is 2.49. The number of phosphoric acid groups is 3. The van der Waals surface area contributed by atoms with Crippen LogP contribution in [0.15, 0.2) is 0 Å². The maximum Gasteiger partial charge on any atom is 0.470 e. The zero-order chi connectivity index (χ0) is 19.1. The van der Waals surface area contributed by atoms with Gasteiger partial charge in [-0.3, -0.25) is 13.6 Å². The highest BCUT2D eigenvalue weighted by atomic mass is 31.2. The molecule has 9 N–H and O–H groups in total. The van der Waals surface area contributed by atoms with Gasteiger partial charge in [-0.25, -0.2) is 13.7 Å². The minimum atomic E-state index is -5.43. The van der Waals surface area contributed by atoms with E-state index < -0.39 is 60.1 Å². The van der Waals surface area contributed by atoms with Gasteiger partial charge in [-0.2, -0.15) is 0 Å². The quantitative estimate of drug-likeness (QED) is 0.189. The van der Waals surface area contributed by atoms with Gasteiger partial charge in [-0.1, -0.05) is 0 Å². The Kier molecular flexibility index (Phi) is 6.90. The molecule has 0 saturated heterocycles. The maximum atomic E-state index is 10.9. The highest BCUT2D eigenvalue weighted by Gasteiger charge is 2.56. The van der Waals surface area contributed by atoms with Crippen LogP contribution in [-0.4, -0.2) is 81.3 Å². The molecule has 1 aliphatic rings. The Morgan fingerprint density at radius 2 is 0.750 bits per heavy atom. The van der Waals surface area contributed by atoms with Crippen molar-refractivity contribution in [3.8, 4) is 0 Å². The van der Waals surface area contributed by atoms with E-state index in [1.807, 2.05) is 0 Å². The van der Waals surface area contributed by atoms with Gasteiger partial charge in [0, 0.05) is 0 Å². The van der Waals surface area contributed by atoms with Crippen molar-refractivity contribution in [2.75, 3.05) is 0 Å². The van der Waals surface area contributed by atoms with E-state index in [0.29, 0.717) is 0 Å². The molecule has 15 nitrogen and oxygen atoms in total. The van der Waals surface area contributed by atoms with E-state index in [1.165, 1.54) is 0 Å². The predicted molar refractivity (Wildman–Crippen MR) is 68.8 cm³/mol. The van der Waals surface area contributed by atoms with Crippen LogP contribution in [0.25, 0.3) is 0 Å². The summed E-state index contributed by atoms with van der Waals surface area (Å²) < 4.78 is 44.7. The van der Waals surface area contributed by atoms with Gasteiger partial charge < -0.3 is 44.7 Å². The molecule has 0 radical (unpaired) electrons. The topological polar surface area (TPSA) is 261 Å². The van der Waals surface area contributed by atoms with Gasteiger partial charge in [0.2, 0.25) is 0 Å².